The smallest absolute Gasteiger partial charge is 0.0751 e. The van der Waals surface area contributed by atoms with Crippen molar-refractivity contribution in [2.24, 2.45) is 5.92 Å². The van der Waals surface area contributed by atoms with Gasteiger partial charge in [-0.05, 0) is 18.4 Å². The Morgan fingerprint density at radius 1 is 1.56 bits per heavy atom. The van der Waals surface area contributed by atoms with E-state index in [9.17, 15) is 0 Å². The van der Waals surface area contributed by atoms with Crippen molar-refractivity contribution in [2.75, 3.05) is 0 Å². The van der Waals surface area contributed by atoms with Crippen molar-refractivity contribution in [2.45, 2.75) is 33.1 Å². The van der Waals surface area contributed by atoms with Gasteiger partial charge in [0.15, 0.2) is 0 Å². The van der Waals surface area contributed by atoms with E-state index in [0.717, 1.165) is 18.6 Å². The maximum absolute atomic E-state index is 8.30. The zero-order valence-corrected chi connectivity index (χ0v) is 6.30. The fourth-order valence-corrected chi connectivity index (χ4v) is 0.904. The van der Waals surface area contributed by atoms with E-state index in [1.807, 2.05) is 0 Å². The van der Waals surface area contributed by atoms with Crippen LogP contribution in [-0.4, -0.2) is 5.11 Å². The molecule has 0 fully saturated rings. The maximum Gasteiger partial charge on any atom is 0.0751 e. The van der Waals surface area contributed by atoms with E-state index in [0.29, 0.717) is 0 Å². The lowest BCUT2D eigenvalue weighted by Gasteiger charge is -2.03. The third-order valence-corrected chi connectivity index (χ3v) is 1.43. The molecule has 0 aromatic heterocycles. The van der Waals surface area contributed by atoms with E-state index in [1.165, 1.54) is 12.8 Å². The maximum atomic E-state index is 8.30. The summed E-state index contributed by atoms with van der Waals surface area (Å²) in [6.45, 7) is 4.38. The number of rotatable bonds is 4. The van der Waals surface area contributed by atoms with E-state index in [2.05, 4.69) is 13.8 Å². The molecule has 0 aliphatic rings. The Balaban J connectivity index is 3.15. The second-order valence-corrected chi connectivity index (χ2v) is 2.51. The molecule has 1 atom stereocenters. The molecule has 0 spiro atoms. The molecule has 0 aromatic carbocycles. The van der Waals surface area contributed by atoms with Crippen LogP contribution < -0.4 is 0 Å². The summed E-state index contributed by atoms with van der Waals surface area (Å²) in [5.74, 6) is 0.721. The minimum atomic E-state index is 0.721. The van der Waals surface area contributed by atoms with Gasteiger partial charge in [-0.3, -0.25) is 0 Å². The predicted octanol–water partition coefficient (Wildman–Crippen LogP) is 2.88. The van der Waals surface area contributed by atoms with Crippen LogP contribution in [0, 0.1) is 5.92 Å². The van der Waals surface area contributed by atoms with Crippen LogP contribution >= 0.6 is 0 Å². The standard InChI is InChI=1S/C8H16O/c1-3-5-8(2)6-4-7-9/h4,7-9H,3,5-6H2,1-2H3. The summed E-state index contributed by atoms with van der Waals surface area (Å²) in [7, 11) is 0. The lowest BCUT2D eigenvalue weighted by atomic mass is 10.0. The van der Waals surface area contributed by atoms with Gasteiger partial charge >= 0.3 is 0 Å². The molecule has 1 N–H and O–H groups in total. The van der Waals surface area contributed by atoms with Crippen LogP contribution in [0.5, 0.6) is 0 Å². The number of aliphatic hydroxyl groups excluding tert-OH is 1. The van der Waals surface area contributed by atoms with Crippen molar-refractivity contribution >= 4 is 0 Å². The van der Waals surface area contributed by atoms with Crippen molar-refractivity contribution in [3.63, 3.8) is 0 Å². The first-order valence-corrected chi connectivity index (χ1v) is 3.60. The summed E-state index contributed by atoms with van der Waals surface area (Å²) in [6.07, 6.45) is 6.43. The molecule has 0 saturated heterocycles. The molecule has 1 nitrogen and oxygen atoms in total. The third kappa shape index (κ3) is 5.41. The number of hydrogen-bond acceptors (Lipinski definition) is 1. The van der Waals surface area contributed by atoms with Crippen molar-refractivity contribution in [1.82, 2.24) is 0 Å². The summed E-state index contributed by atoms with van der Waals surface area (Å²) in [4.78, 5) is 0. The quantitative estimate of drug-likeness (QED) is 0.577. The molecular weight excluding hydrogens is 112 g/mol. The lowest BCUT2D eigenvalue weighted by molar-refractivity contribution is 0.461. The SMILES string of the molecule is CCCC(C)CC=CO. The van der Waals surface area contributed by atoms with Crippen LogP contribution in [0.15, 0.2) is 12.3 Å². The first-order chi connectivity index (χ1) is 4.31. The van der Waals surface area contributed by atoms with Crippen LogP contribution in [0.4, 0.5) is 0 Å². The largest absolute Gasteiger partial charge is 0.516 e. The topological polar surface area (TPSA) is 20.2 Å². The van der Waals surface area contributed by atoms with Gasteiger partial charge in [-0.2, -0.15) is 0 Å². The van der Waals surface area contributed by atoms with Gasteiger partial charge in [0.05, 0.1) is 6.26 Å². The second kappa shape index (κ2) is 5.67. The van der Waals surface area contributed by atoms with Crippen molar-refractivity contribution in [1.29, 1.82) is 0 Å². The molecule has 0 rings (SSSR count). The first-order valence-electron chi connectivity index (χ1n) is 3.60. The van der Waals surface area contributed by atoms with Crippen LogP contribution in [0.25, 0.3) is 0 Å². The predicted molar refractivity (Wildman–Crippen MR) is 40.5 cm³/mol. The molecular formula is C8H16O. The van der Waals surface area contributed by atoms with Crippen molar-refractivity contribution < 1.29 is 5.11 Å². The van der Waals surface area contributed by atoms with Gasteiger partial charge in [-0.25, -0.2) is 0 Å². The van der Waals surface area contributed by atoms with E-state index < -0.39 is 0 Å². The number of hydrogen-bond donors (Lipinski definition) is 1. The highest BCUT2D eigenvalue weighted by Gasteiger charge is 1.95. The van der Waals surface area contributed by atoms with E-state index in [-0.39, 0.29) is 0 Å². The average molecular weight is 128 g/mol. The van der Waals surface area contributed by atoms with E-state index >= 15 is 0 Å². The molecule has 0 bridgehead atoms. The molecule has 0 aromatic rings. The molecule has 1 unspecified atom stereocenters. The average Bonchev–Trinajstić information content (AvgIpc) is 1.85. The molecule has 0 saturated carbocycles. The number of aliphatic hydroxyl groups is 1. The summed E-state index contributed by atoms with van der Waals surface area (Å²) in [6, 6.07) is 0. The van der Waals surface area contributed by atoms with Crippen LogP contribution in [0.1, 0.15) is 33.1 Å². The Bertz CT molecular complexity index is 76.6. The van der Waals surface area contributed by atoms with Crippen molar-refractivity contribution in [3.8, 4) is 0 Å². The summed E-state index contributed by atoms with van der Waals surface area (Å²) >= 11 is 0. The van der Waals surface area contributed by atoms with Gasteiger partial charge in [-0.15, -0.1) is 0 Å². The zero-order valence-electron chi connectivity index (χ0n) is 6.30. The Morgan fingerprint density at radius 2 is 2.22 bits per heavy atom. The highest BCUT2D eigenvalue weighted by atomic mass is 16.2. The molecule has 0 radical (unpaired) electrons. The second-order valence-electron chi connectivity index (χ2n) is 2.51. The third-order valence-electron chi connectivity index (χ3n) is 1.43. The highest BCUT2D eigenvalue weighted by molar-refractivity contribution is 4.74. The highest BCUT2D eigenvalue weighted by Crippen LogP contribution is 2.09. The summed E-state index contributed by atoms with van der Waals surface area (Å²) in [5, 5.41) is 8.30. The van der Waals surface area contributed by atoms with Gasteiger partial charge in [0.25, 0.3) is 0 Å². The van der Waals surface area contributed by atoms with E-state index in [4.69, 9.17) is 5.11 Å². The lowest BCUT2D eigenvalue weighted by Crippen LogP contribution is -1.89. The monoisotopic (exact) mass is 128 g/mol. The first kappa shape index (κ1) is 8.54. The van der Waals surface area contributed by atoms with Crippen LogP contribution in [-0.2, 0) is 0 Å². The fraction of sp³-hybridized carbons (Fsp3) is 0.750. The fourth-order valence-electron chi connectivity index (χ4n) is 0.904. The summed E-state index contributed by atoms with van der Waals surface area (Å²) in [5.41, 5.74) is 0. The van der Waals surface area contributed by atoms with Gasteiger partial charge in [0.1, 0.15) is 0 Å². The molecule has 54 valence electrons. The minimum absolute atomic E-state index is 0.721. The zero-order chi connectivity index (χ0) is 7.11. The Hall–Kier alpha value is -0.460. The van der Waals surface area contributed by atoms with Gasteiger partial charge in [0.2, 0.25) is 0 Å². The normalized spacial score (nSPS) is 14.4. The molecule has 9 heavy (non-hydrogen) atoms. The number of allylic oxidation sites excluding steroid dienone is 1. The Kier molecular flexibility index (Phi) is 5.38. The van der Waals surface area contributed by atoms with Crippen LogP contribution in [0.3, 0.4) is 0 Å². The van der Waals surface area contributed by atoms with Crippen LogP contribution in [0.2, 0.25) is 0 Å². The summed E-state index contributed by atoms with van der Waals surface area (Å²) < 4.78 is 0. The van der Waals surface area contributed by atoms with Gasteiger partial charge < -0.3 is 5.11 Å². The Morgan fingerprint density at radius 3 is 2.67 bits per heavy atom. The minimum Gasteiger partial charge on any atom is -0.516 e. The molecule has 0 aliphatic carbocycles. The van der Waals surface area contributed by atoms with Gasteiger partial charge in [-0.1, -0.05) is 26.7 Å². The molecule has 0 amide bonds. The molecule has 0 aliphatic heterocycles. The van der Waals surface area contributed by atoms with Gasteiger partial charge in [0, 0.05) is 0 Å². The van der Waals surface area contributed by atoms with E-state index in [1.54, 1.807) is 6.08 Å². The molecule has 0 heterocycles. The van der Waals surface area contributed by atoms with Crippen molar-refractivity contribution in [3.05, 3.63) is 12.3 Å². The Labute approximate surface area is 57.4 Å². The molecule has 1 heteroatoms.